The number of hydrogen-bond donors (Lipinski definition) is 2. The molecule has 0 unspecified atom stereocenters. The Morgan fingerprint density at radius 2 is 2.35 bits per heavy atom. The minimum Gasteiger partial charge on any atom is -0.344 e. The Labute approximate surface area is 159 Å². The van der Waals surface area contributed by atoms with E-state index in [1.807, 2.05) is 18.2 Å². The minimum absolute atomic E-state index is 0.00653. The summed E-state index contributed by atoms with van der Waals surface area (Å²) in [5.41, 5.74) is 5.34. The molecule has 7 nitrogen and oxygen atoms in total. The van der Waals surface area contributed by atoms with Gasteiger partial charge in [-0.05, 0) is 31.3 Å². The van der Waals surface area contributed by atoms with Gasteiger partial charge in [-0.25, -0.2) is 0 Å². The molecule has 0 saturated carbocycles. The van der Waals surface area contributed by atoms with Crippen molar-refractivity contribution < 1.29 is 4.79 Å². The molecule has 3 heterocycles. The third-order valence-electron chi connectivity index (χ3n) is 4.57. The molecule has 26 heavy (non-hydrogen) atoms. The van der Waals surface area contributed by atoms with Gasteiger partial charge in [-0.1, -0.05) is 6.08 Å². The Morgan fingerprint density at radius 1 is 1.54 bits per heavy atom. The lowest BCUT2D eigenvalue weighted by Gasteiger charge is -2.37. The average molecular weight is 372 g/mol. The van der Waals surface area contributed by atoms with Crippen LogP contribution in [0.3, 0.4) is 0 Å². The second-order valence-corrected chi connectivity index (χ2v) is 6.97. The van der Waals surface area contributed by atoms with E-state index < -0.39 is 0 Å². The van der Waals surface area contributed by atoms with Crippen molar-refractivity contribution in [1.82, 2.24) is 20.6 Å². The second kappa shape index (κ2) is 7.92. The van der Waals surface area contributed by atoms with Gasteiger partial charge >= 0.3 is 0 Å². The van der Waals surface area contributed by atoms with Crippen molar-refractivity contribution in [2.45, 2.75) is 32.4 Å². The van der Waals surface area contributed by atoms with Crippen LogP contribution in [0.4, 0.5) is 5.69 Å². The molecule has 1 aromatic heterocycles. The Bertz CT molecular complexity index is 749. The lowest BCUT2D eigenvalue weighted by molar-refractivity contribution is -0.116. The molecule has 2 N–H and O–H groups in total. The van der Waals surface area contributed by atoms with Gasteiger partial charge in [-0.2, -0.15) is 5.10 Å². The highest BCUT2D eigenvalue weighted by Crippen LogP contribution is 2.25. The molecule has 2 aliphatic heterocycles. The molecule has 138 valence electrons. The predicted molar refractivity (Wildman–Crippen MR) is 107 cm³/mol. The number of amides is 1. The van der Waals surface area contributed by atoms with E-state index in [-0.39, 0.29) is 11.9 Å². The maximum Gasteiger partial charge on any atom is 0.223 e. The van der Waals surface area contributed by atoms with Crippen LogP contribution in [0.1, 0.15) is 26.0 Å². The van der Waals surface area contributed by atoms with Gasteiger partial charge in [0.2, 0.25) is 5.91 Å². The Kier molecular flexibility index (Phi) is 5.63. The van der Waals surface area contributed by atoms with Crippen LogP contribution in [0.25, 0.3) is 0 Å². The topological polar surface area (TPSA) is 72.9 Å². The lowest BCUT2D eigenvalue weighted by atomic mass is 10.1. The van der Waals surface area contributed by atoms with E-state index >= 15 is 0 Å². The van der Waals surface area contributed by atoms with Crippen LogP contribution >= 0.6 is 12.2 Å². The standard InChI is InChI=1S/C18H24N6OS/c1-4-14-11-23(10-12(2)20-14)18(26)22-21-15-7-9-24(13(3)25)16-6-5-8-19-17(15)16/h4-6,8,12,14,20H,1,7,9-11H2,2-3H3,(H,22,26)/b21-15-/t12-,14+/m0/s1. The Balaban J connectivity index is 1.74. The summed E-state index contributed by atoms with van der Waals surface area (Å²) in [6.07, 6.45) is 4.24. The van der Waals surface area contributed by atoms with Gasteiger partial charge in [0.05, 0.1) is 11.4 Å². The number of hydrazone groups is 1. The highest BCUT2D eigenvalue weighted by Gasteiger charge is 2.26. The van der Waals surface area contributed by atoms with Crippen LogP contribution in [-0.2, 0) is 4.79 Å². The zero-order valence-electron chi connectivity index (χ0n) is 15.1. The van der Waals surface area contributed by atoms with Crippen molar-refractivity contribution >= 4 is 34.6 Å². The molecule has 1 fully saturated rings. The molecule has 2 aliphatic rings. The van der Waals surface area contributed by atoms with Gasteiger partial charge in [0.25, 0.3) is 0 Å². The fraction of sp³-hybridized carbons (Fsp3) is 0.444. The molecular weight excluding hydrogens is 348 g/mol. The van der Waals surface area contributed by atoms with Crippen molar-refractivity contribution in [3.63, 3.8) is 0 Å². The number of carbonyl (C=O) groups is 1. The maximum absolute atomic E-state index is 11.8. The molecular formula is C18H24N6OS. The molecule has 0 aromatic carbocycles. The van der Waals surface area contributed by atoms with Crippen LogP contribution in [0, 0.1) is 0 Å². The first kappa shape index (κ1) is 18.5. The summed E-state index contributed by atoms with van der Waals surface area (Å²) >= 11 is 5.52. The van der Waals surface area contributed by atoms with Gasteiger partial charge in [0.15, 0.2) is 5.11 Å². The number of fused-ring (bicyclic) bond motifs is 1. The summed E-state index contributed by atoms with van der Waals surface area (Å²) in [6.45, 7) is 9.70. The Hall–Kier alpha value is -2.32. The summed E-state index contributed by atoms with van der Waals surface area (Å²) in [5.74, 6) is 0.00653. The first-order valence-electron chi connectivity index (χ1n) is 8.73. The van der Waals surface area contributed by atoms with Crippen molar-refractivity contribution in [3.8, 4) is 0 Å². The smallest absolute Gasteiger partial charge is 0.223 e. The van der Waals surface area contributed by atoms with Crippen LogP contribution in [-0.4, -0.2) is 58.3 Å². The van der Waals surface area contributed by atoms with Gasteiger partial charge in [0, 0.05) is 51.3 Å². The van der Waals surface area contributed by atoms with E-state index in [9.17, 15) is 4.79 Å². The number of anilines is 1. The lowest BCUT2D eigenvalue weighted by Crippen LogP contribution is -2.57. The average Bonchev–Trinajstić information content (AvgIpc) is 2.64. The molecule has 1 aromatic rings. The Morgan fingerprint density at radius 3 is 3.08 bits per heavy atom. The maximum atomic E-state index is 11.8. The number of carbonyl (C=O) groups excluding carboxylic acids is 1. The first-order valence-corrected chi connectivity index (χ1v) is 9.14. The fourth-order valence-electron chi connectivity index (χ4n) is 3.34. The van der Waals surface area contributed by atoms with Crippen LogP contribution in [0.2, 0.25) is 0 Å². The van der Waals surface area contributed by atoms with Gasteiger partial charge in [0.1, 0.15) is 5.69 Å². The van der Waals surface area contributed by atoms with E-state index in [4.69, 9.17) is 12.2 Å². The van der Waals surface area contributed by atoms with Crippen molar-refractivity contribution in [2.75, 3.05) is 24.5 Å². The summed E-state index contributed by atoms with van der Waals surface area (Å²) in [6, 6.07) is 4.24. The SMILES string of the molecule is C=C[C@@H]1CN(C(=S)N/N=C2/CCN(C(C)=O)c3cccnc32)C[C@H](C)N1. The van der Waals surface area contributed by atoms with E-state index in [0.717, 1.165) is 30.2 Å². The largest absolute Gasteiger partial charge is 0.344 e. The number of aromatic nitrogens is 1. The van der Waals surface area contributed by atoms with E-state index in [1.165, 1.54) is 0 Å². The number of nitrogens with one attached hydrogen (secondary N) is 2. The first-order chi connectivity index (χ1) is 12.5. The van der Waals surface area contributed by atoms with Gasteiger partial charge < -0.3 is 15.1 Å². The monoisotopic (exact) mass is 372 g/mol. The van der Waals surface area contributed by atoms with Crippen LogP contribution in [0.15, 0.2) is 36.1 Å². The van der Waals surface area contributed by atoms with Crippen molar-refractivity contribution in [2.24, 2.45) is 5.10 Å². The number of piperazine rings is 1. The van der Waals surface area contributed by atoms with E-state index in [2.05, 4.69) is 39.2 Å². The van der Waals surface area contributed by atoms with Crippen LogP contribution < -0.4 is 15.6 Å². The van der Waals surface area contributed by atoms with Crippen LogP contribution in [0.5, 0.6) is 0 Å². The number of hydrogen-bond acceptors (Lipinski definition) is 5. The molecule has 0 radical (unpaired) electrons. The third-order valence-corrected chi connectivity index (χ3v) is 4.92. The summed E-state index contributed by atoms with van der Waals surface area (Å²) in [5, 5.41) is 8.55. The normalized spacial score (nSPS) is 24.2. The minimum atomic E-state index is 0.00653. The van der Waals surface area contributed by atoms with Gasteiger partial charge in [-0.15, -0.1) is 6.58 Å². The van der Waals surface area contributed by atoms with Crippen molar-refractivity contribution in [1.29, 1.82) is 0 Å². The van der Waals surface area contributed by atoms with Gasteiger partial charge in [-0.3, -0.25) is 15.2 Å². The quantitative estimate of drug-likeness (QED) is 0.463. The van der Waals surface area contributed by atoms with Crippen molar-refractivity contribution in [3.05, 3.63) is 36.7 Å². The fourth-order valence-corrected chi connectivity index (χ4v) is 3.53. The molecule has 8 heteroatoms. The molecule has 0 spiro atoms. The molecule has 1 saturated heterocycles. The highest BCUT2D eigenvalue weighted by atomic mass is 32.1. The molecule has 2 atom stereocenters. The molecule has 3 rings (SSSR count). The molecule has 0 bridgehead atoms. The number of pyridine rings is 1. The summed E-state index contributed by atoms with van der Waals surface area (Å²) < 4.78 is 0. The number of nitrogens with zero attached hydrogens (tertiary/aromatic N) is 4. The van der Waals surface area contributed by atoms with E-state index in [1.54, 1.807) is 18.0 Å². The summed E-state index contributed by atoms with van der Waals surface area (Å²) in [4.78, 5) is 20.1. The zero-order valence-corrected chi connectivity index (χ0v) is 15.9. The predicted octanol–water partition coefficient (Wildman–Crippen LogP) is 1.27. The molecule has 1 amide bonds. The second-order valence-electron chi connectivity index (χ2n) is 6.58. The number of rotatable bonds is 2. The third kappa shape index (κ3) is 3.91. The molecule has 0 aliphatic carbocycles. The zero-order chi connectivity index (χ0) is 18.7. The summed E-state index contributed by atoms with van der Waals surface area (Å²) in [7, 11) is 0. The number of thiocarbonyl (C=S) groups is 1. The highest BCUT2D eigenvalue weighted by molar-refractivity contribution is 7.80. The van der Waals surface area contributed by atoms with E-state index in [0.29, 0.717) is 24.1 Å².